The first-order valence-electron chi connectivity index (χ1n) is 27.9. The summed E-state index contributed by atoms with van der Waals surface area (Å²) in [6, 6.07) is -11.2. The number of carboxylic acid groups (broad SMARTS) is 1. The summed E-state index contributed by atoms with van der Waals surface area (Å²) >= 11 is 0. The van der Waals surface area contributed by atoms with Crippen molar-refractivity contribution in [2.75, 3.05) is 19.6 Å². The molecule has 1 aliphatic heterocycles. The summed E-state index contributed by atoms with van der Waals surface area (Å²) in [6.07, 6.45) is 4.29. The molecular formula is C52H92N18O11. The number of nitrogens with zero attached hydrogens (tertiary/aromatic N) is 4. The van der Waals surface area contributed by atoms with Gasteiger partial charge in [-0.05, 0) is 81.5 Å². The molecule has 9 amide bonds. The Kier molecular flexibility index (Phi) is 30.2. The van der Waals surface area contributed by atoms with Gasteiger partial charge in [-0.1, -0.05) is 68.2 Å². The van der Waals surface area contributed by atoms with Gasteiger partial charge in [-0.3, -0.25) is 53.1 Å². The number of likely N-dealkylation sites (tertiary alicyclic amines) is 1. The molecular weight excluding hydrogens is 1050 g/mol. The van der Waals surface area contributed by atoms with E-state index in [-0.39, 0.29) is 107 Å². The van der Waals surface area contributed by atoms with Crippen molar-refractivity contribution in [2.24, 2.45) is 68.1 Å². The third kappa shape index (κ3) is 24.8. The van der Waals surface area contributed by atoms with Crippen LogP contribution in [0.15, 0.2) is 22.5 Å². The van der Waals surface area contributed by atoms with Gasteiger partial charge >= 0.3 is 5.97 Å². The number of H-pyrrole nitrogens is 1. The van der Waals surface area contributed by atoms with Crippen LogP contribution in [0, 0.1) is 23.7 Å². The highest BCUT2D eigenvalue weighted by Gasteiger charge is 2.42. The van der Waals surface area contributed by atoms with Crippen molar-refractivity contribution in [3.05, 3.63) is 18.2 Å². The Hall–Kier alpha value is -7.59. The molecule has 1 aromatic heterocycles. The number of primary amides is 1. The first kappa shape index (κ1) is 69.5. The average molecular weight is 1150 g/mol. The van der Waals surface area contributed by atoms with Gasteiger partial charge in [-0.25, -0.2) is 9.78 Å². The molecule has 2 heterocycles. The fourth-order valence-electron chi connectivity index (χ4n) is 8.93. The molecule has 1 aliphatic rings. The Labute approximate surface area is 474 Å². The first-order chi connectivity index (χ1) is 38.1. The molecule has 0 unspecified atom stereocenters. The average Bonchev–Trinajstić information content (AvgIpc) is 4.20. The van der Waals surface area contributed by atoms with Crippen LogP contribution in [0.3, 0.4) is 0 Å². The summed E-state index contributed by atoms with van der Waals surface area (Å²) in [5.41, 5.74) is 33.9. The Morgan fingerprint density at radius 3 is 1.67 bits per heavy atom. The SMILES string of the molecule is CC[C@H](C)[C@H](NC(=O)[C@@H](N)CCCN=C(N)N)C(=O)N[C@H](C(=O)N1CCC[C@H]1C(=O)N[C@@H](CCCN=C(N)N)C(=O)N[C@@H](Cc1cnc[nH]1)C(=O)N[C@@H](CC(C)C)C(=O)N[C@@H](CCC(N)=O)C(=O)N[C@@H](CC(C)C)C(=O)O)[C@@H](C)CC. The number of amides is 9. The first-order valence-corrected chi connectivity index (χ1v) is 27.9. The standard InChI is InChI=1S/C52H92N18O11/c1-9-29(7)40(68-42(72)32(53)14-11-19-60-51(55)56)48(78)69-41(30(8)10-2)49(79)70-21-13-16-38(70)47(77)64-33(15-12-20-61-52(57)58)43(73)66-36(24-31-25-59-26-62-31)46(76)65-35(22-27(3)4)45(75)63-34(17-18-39(54)71)44(74)67-37(50(80)81)23-28(5)6/h25-30,32-38,40-41H,9-24,53H2,1-8H3,(H2,54,71)(H,59,62)(H,63,75)(H,64,77)(H,65,76)(H,66,73)(H,67,74)(H,68,72)(H,69,78)(H,80,81)(H4,55,56,60)(H4,57,58,61)/t29-,30-,32-,33-,34-,35-,36-,37-,38-,40-,41-/m0/s1. The van der Waals surface area contributed by atoms with E-state index >= 15 is 0 Å². The zero-order valence-corrected chi connectivity index (χ0v) is 48.3. The van der Waals surface area contributed by atoms with Crippen molar-refractivity contribution in [3.63, 3.8) is 0 Å². The summed E-state index contributed by atoms with van der Waals surface area (Å²) in [4.78, 5) is 153. The predicted octanol–water partition coefficient (Wildman–Crippen LogP) is -2.69. The van der Waals surface area contributed by atoms with Crippen molar-refractivity contribution in [2.45, 2.75) is 193 Å². The van der Waals surface area contributed by atoms with E-state index in [1.807, 2.05) is 13.8 Å². The third-order valence-electron chi connectivity index (χ3n) is 13.9. The molecule has 456 valence electrons. The smallest absolute Gasteiger partial charge is 0.326 e. The lowest BCUT2D eigenvalue weighted by Gasteiger charge is -2.33. The Morgan fingerprint density at radius 2 is 1.14 bits per heavy atom. The van der Waals surface area contributed by atoms with Gasteiger partial charge in [-0.2, -0.15) is 0 Å². The number of hydrogen-bond acceptors (Lipinski definition) is 14. The minimum Gasteiger partial charge on any atom is -0.480 e. The molecule has 29 heteroatoms. The molecule has 21 N–H and O–H groups in total. The molecule has 2 rings (SSSR count). The number of carbonyl (C=O) groups is 10. The van der Waals surface area contributed by atoms with Crippen LogP contribution in [0.5, 0.6) is 0 Å². The van der Waals surface area contributed by atoms with Gasteiger partial charge in [0.15, 0.2) is 11.9 Å². The summed E-state index contributed by atoms with van der Waals surface area (Å²) < 4.78 is 0. The fourth-order valence-corrected chi connectivity index (χ4v) is 8.93. The number of guanidine groups is 2. The van der Waals surface area contributed by atoms with E-state index in [1.165, 1.54) is 17.4 Å². The van der Waals surface area contributed by atoms with E-state index in [9.17, 15) is 53.1 Å². The van der Waals surface area contributed by atoms with Gasteiger partial charge in [0.25, 0.3) is 0 Å². The Balaban J connectivity index is 2.48. The number of nitrogens with one attached hydrogen (secondary N) is 8. The van der Waals surface area contributed by atoms with Gasteiger partial charge in [0.2, 0.25) is 53.2 Å². The van der Waals surface area contributed by atoms with Gasteiger partial charge in [-0.15, -0.1) is 0 Å². The summed E-state index contributed by atoms with van der Waals surface area (Å²) in [7, 11) is 0. The number of carboxylic acids is 1. The monoisotopic (exact) mass is 1140 g/mol. The molecule has 0 aliphatic carbocycles. The molecule has 29 nitrogen and oxygen atoms in total. The molecule has 0 aromatic carbocycles. The lowest BCUT2D eigenvalue weighted by Crippen LogP contribution is -2.61. The zero-order valence-electron chi connectivity index (χ0n) is 48.3. The largest absolute Gasteiger partial charge is 0.480 e. The number of nitrogens with two attached hydrogens (primary N) is 6. The lowest BCUT2D eigenvalue weighted by molar-refractivity contribution is -0.144. The predicted molar refractivity (Wildman–Crippen MR) is 302 cm³/mol. The number of imidazole rings is 1. The second-order valence-corrected chi connectivity index (χ2v) is 21.6. The van der Waals surface area contributed by atoms with Gasteiger partial charge in [0.1, 0.15) is 48.3 Å². The molecule has 1 aromatic rings. The van der Waals surface area contributed by atoms with Crippen molar-refractivity contribution in [3.8, 4) is 0 Å². The number of rotatable bonds is 37. The lowest BCUT2D eigenvalue weighted by atomic mass is 9.94. The number of aromatic nitrogens is 2. The van der Waals surface area contributed by atoms with Crippen molar-refractivity contribution in [1.29, 1.82) is 0 Å². The molecule has 0 radical (unpaired) electrons. The molecule has 0 bridgehead atoms. The van der Waals surface area contributed by atoms with E-state index in [4.69, 9.17) is 34.4 Å². The van der Waals surface area contributed by atoms with Crippen LogP contribution < -0.4 is 71.6 Å². The minimum atomic E-state index is -1.44. The van der Waals surface area contributed by atoms with Crippen LogP contribution in [0.2, 0.25) is 0 Å². The van der Waals surface area contributed by atoms with Crippen LogP contribution in [0.25, 0.3) is 0 Å². The summed E-state index contributed by atoms with van der Waals surface area (Å²) in [5.74, 6) is -9.46. The van der Waals surface area contributed by atoms with Gasteiger partial charge < -0.3 is 86.6 Å². The van der Waals surface area contributed by atoms with E-state index < -0.39 is 119 Å². The number of carbonyl (C=O) groups excluding carboxylic acids is 9. The molecule has 81 heavy (non-hydrogen) atoms. The van der Waals surface area contributed by atoms with E-state index in [2.05, 4.69) is 57.2 Å². The van der Waals surface area contributed by atoms with E-state index in [0.29, 0.717) is 31.4 Å². The highest BCUT2D eigenvalue weighted by molar-refractivity contribution is 5.98. The van der Waals surface area contributed by atoms with Crippen molar-refractivity contribution in [1.82, 2.24) is 52.1 Å². The highest BCUT2D eigenvalue weighted by atomic mass is 16.4. The second kappa shape index (κ2) is 35.2. The number of aliphatic carboxylic acids is 1. The Bertz CT molecular complexity index is 2310. The van der Waals surface area contributed by atoms with E-state index in [0.717, 1.165) is 0 Å². The van der Waals surface area contributed by atoms with Gasteiger partial charge in [0, 0.05) is 44.4 Å². The highest BCUT2D eigenvalue weighted by Crippen LogP contribution is 2.23. The number of aliphatic imine (C=N–C) groups is 2. The van der Waals surface area contributed by atoms with Crippen LogP contribution in [0.4, 0.5) is 0 Å². The molecule has 1 saturated heterocycles. The van der Waals surface area contributed by atoms with Crippen LogP contribution in [-0.4, -0.2) is 165 Å². The molecule has 1 fully saturated rings. The topological polar surface area (TPSA) is 488 Å². The molecule has 0 spiro atoms. The Morgan fingerprint density at radius 1 is 0.642 bits per heavy atom. The van der Waals surface area contributed by atoms with Crippen molar-refractivity contribution < 1.29 is 53.1 Å². The molecule has 0 saturated carbocycles. The number of aromatic amines is 1. The normalized spacial score (nSPS) is 16.8. The summed E-state index contributed by atoms with van der Waals surface area (Å²) in [5, 5.41) is 28.6. The molecule has 11 atom stereocenters. The van der Waals surface area contributed by atoms with Crippen molar-refractivity contribution >= 4 is 71.1 Å². The van der Waals surface area contributed by atoms with Crippen LogP contribution in [-0.2, 0) is 54.4 Å². The summed E-state index contributed by atoms with van der Waals surface area (Å²) in [6.45, 7) is 14.8. The maximum atomic E-state index is 14.6. The maximum absolute atomic E-state index is 14.6. The maximum Gasteiger partial charge on any atom is 0.326 e. The van der Waals surface area contributed by atoms with Gasteiger partial charge in [0.05, 0.1) is 12.4 Å². The quantitative estimate of drug-likeness (QED) is 0.0183. The van der Waals surface area contributed by atoms with Crippen LogP contribution >= 0.6 is 0 Å². The minimum absolute atomic E-state index is 0.0204. The number of hydrogen-bond donors (Lipinski definition) is 15. The second-order valence-electron chi connectivity index (χ2n) is 21.6. The zero-order chi connectivity index (χ0) is 61.1. The third-order valence-corrected chi connectivity index (χ3v) is 13.9. The van der Waals surface area contributed by atoms with Crippen LogP contribution in [0.1, 0.15) is 138 Å². The fraction of sp³-hybridized carbons (Fsp3) is 0.712. The van der Waals surface area contributed by atoms with E-state index in [1.54, 1.807) is 41.5 Å².